The van der Waals surface area contributed by atoms with Gasteiger partial charge in [0.05, 0.1) is 5.57 Å². The first-order valence-electron chi connectivity index (χ1n) is 8.33. The summed E-state index contributed by atoms with van der Waals surface area (Å²) in [6, 6.07) is 17.8. The number of nitrogens with zero attached hydrogens (tertiary/aromatic N) is 2. The van der Waals surface area contributed by atoms with Crippen LogP contribution in [0.5, 0.6) is 0 Å². The van der Waals surface area contributed by atoms with Crippen LogP contribution in [0.3, 0.4) is 0 Å². The lowest BCUT2D eigenvalue weighted by atomic mass is 10.0. The number of allylic oxidation sites excluding steroid dienone is 4. The Kier molecular flexibility index (Phi) is 5.44. The van der Waals surface area contributed by atoms with E-state index >= 15 is 0 Å². The zero-order valence-corrected chi connectivity index (χ0v) is 14.8. The summed E-state index contributed by atoms with van der Waals surface area (Å²) < 4.78 is 0. The van der Waals surface area contributed by atoms with Gasteiger partial charge in [0.1, 0.15) is 5.71 Å². The van der Waals surface area contributed by atoms with Gasteiger partial charge in [-0.2, -0.15) is 0 Å². The van der Waals surface area contributed by atoms with Crippen molar-refractivity contribution in [2.75, 3.05) is 19.0 Å². The second-order valence-electron chi connectivity index (χ2n) is 5.99. The van der Waals surface area contributed by atoms with Crippen molar-refractivity contribution in [2.45, 2.75) is 0 Å². The van der Waals surface area contributed by atoms with Gasteiger partial charge >= 0.3 is 5.97 Å². The third kappa shape index (κ3) is 4.16. The Morgan fingerprint density at radius 1 is 0.923 bits per heavy atom. The summed E-state index contributed by atoms with van der Waals surface area (Å²) in [5.41, 5.74) is 4.14. The molecule has 1 heterocycles. The predicted molar refractivity (Wildman–Crippen MR) is 106 cm³/mol. The fraction of sp³-hybridized carbons (Fsp3) is 0.0909. The van der Waals surface area contributed by atoms with E-state index in [0.717, 1.165) is 16.8 Å². The summed E-state index contributed by atoms with van der Waals surface area (Å²) in [5, 5.41) is 3.88. The van der Waals surface area contributed by atoms with Crippen LogP contribution in [0.15, 0.2) is 89.6 Å². The quantitative estimate of drug-likeness (QED) is 0.463. The van der Waals surface area contributed by atoms with Crippen molar-refractivity contribution >= 4 is 23.4 Å². The van der Waals surface area contributed by atoms with Gasteiger partial charge in [-0.25, -0.2) is 4.79 Å². The van der Waals surface area contributed by atoms with Crippen LogP contribution in [0.25, 0.3) is 6.08 Å². The SMILES string of the molecule is CN(C)c1ccc(/C=C/C=C/C=C2/C(=O)ON=C2c2ccccc2)cc1. The Bertz CT molecular complexity index is 889. The van der Waals surface area contributed by atoms with Crippen LogP contribution in [0.2, 0.25) is 0 Å². The molecule has 0 spiro atoms. The lowest BCUT2D eigenvalue weighted by Gasteiger charge is -2.11. The van der Waals surface area contributed by atoms with Crippen molar-refractivity contribution in [3.8, 4) is 0 Å². The van der Waals surface area contributed by atoms with E-state index in [2.05, 4.69) is 34.3 Å². The van der Waals surface area contributed by atoms with E-state index in [9.17, 15) is 4.79 Å². The van der Waals surface area contributed by atoms with Gasteiger partial charge in [0.15, 0.2) is 0 Å². The summed E-state index contributed by atoms with van der Waals surface area (Å²) >= 11 is 0. The molecule has 130 valence electrons. The lowest BCUT2D eigenvalue weighted by molar-refractivity contribution is -0.136. The zero-order valence-electron chi connectivity index (χ0n) is 14.8. The Balaban J connectivity index is 1.68. The molecule has 1 aliphatic heterocycles. The van der Waals surface area contributed by atoms with E-state index in [-0.39, 0.29) is 0 Å². The van der Waals surface area contributed by atoms with Crippen molar-refractivity contribution in [1.82, 2.24) is 0 Å². The third-order valence-corrected chi connectivity index (χ3v) is 3.93. The number of benzene rings is 2. The molecule has 0 saturated heterocycles. The molecule has 3 rings (SSSR count). The van der Waals surface area contributed by atoms with Crippen molar-refractivity contribution < 1.29 is 9.63 Å². The molecule has 0 bridgehead atoms. The van der Waals surface area contributed by atoms with Gasteiger partial charge < -0.3 is 9.74 Å². The van der Waals surface area contributed by atoms with E-state index < -0.39 is 5.97 Å². The van der Waals surface area contributed by atoms with Crippen molar-refractivity contribution in [3.63, 3.8) is 0 Å². The molecule has 0 radical (unpaired) electrons. The minimum absolute atomic E-state index is 0.434. The van der Waals surface area contributed by atoms with E-state index in [0.29, 0.717) is 11.3 Å². The second-order valence-corrected chi connectivity index (χ2v) is 5.99. The second kappa shape index (κ2) is 8.12. The first kappa shape index (κ1) is 17.4. The van der Waals surface area contributed by atoms with Crippen LogP contribution in [0.4, 0.5) is 5.69 Å². The van der Waals surface area contributed by atoms with Crippen molar-refractivity contribution in [3.05, 3.63) is 95.6 Å². The summed E-state index contributed by atoms with van der Waals surface area (Å²) in [6.45, 7) is 0. The molecule has 0 fully saturated rings. The summed E-state index contributed by atoms with van der Waals surface area (Å²) in [4.78, 5) is 18.7. The molecule has 1 aliphatic rings. The number of rotatable bonds is 5. The van der Waals surface area contributed by atoms with Gasteiger partial charge in [0, 0.05) is 25.3 Å². The molecule has 26 heavy (non-hydrogen) atoms. The molecule has 0 amide bonds. The van der Waals surface area contributed by atoms with E-state index in [1.165, 1.54) is 0 Å². The summed E-state index contributed by atoms with van der Waals surface area (Å²) in [6.07, 6.45) is 9.35. The number of carbonyl (C=O) groups is 1. The average molecular weight is 344 g/mol. The maximum absolute atomic E-state index is 11.9. The van der Waals surface area contributed by atoms with Crippen LogP contribution in [0.1, 0.15) is 11.1 Å². The van der Waals surface area contributed by atoms with E-state index in [1.807, 2.05) is 68.7 Å². The summed E-state index contributed by atoms with van der Waals surface area (Å²) in [5.74, 6) is -0.434. The highest BCUT2D eigenvalue weighted by atomic mass is 16.7. The topological polar surface area (TPSA) is 41.9 Å². The van der Waals surface area contributed by atoms with Gasteiger partial charge in [-0.3, -0.25) is 0 Å². The number of hydrogen-bond donors (Lipinski definition) is 0. The molecular formula is C22H20N2O2. The molecule has 2 aromatic carbocycles. The molecule has 4 heteroatoms. The van der Waals surface area contributed by atoms with Crippen molar-refractivity contribution in [2.24, 2.45) is 5.16 Å². The maximum Gasteiger partial charge on any atom is 0.368 e. The first-order chi connectivity index (χ1) is 12.6. The lowest BCUT2D eigenvalue weighted by Crippen LogP contribution is -2.07. The molecule has 4 nitrogen and oxygen atoms in total. The van der Waals surface area contributed by atoms with Gasteiger partial charge in [-0.15, -0.1) is 0 Å². The van der Waals surface area contributed by atoms with Crippen molar-refractivity contribution in [1.29, 1.82) is 0 Å². The Morgan fingerprint density at radius 2 is 1.65 bits per heavy atom. The van der Waals surface area contributed by atoms with Crippen LogP contribution in [-0.2, 0) is 9.63 Å². The van der Waals surface area contributed by atoms with Crippen LogP contribution < -0.4 is 4.90 Å². The number of oxime groups is 1. The van der Waals surface area contributed by atoms with Gasteiger partial charge in [0.2, 0.25) is 0 Å². The highest BCUT2D eigenvalue weighted by molar-refractivity contribution is 6.28. The Hall–Kier alpha value is -3.40. The van der Waals surface area contributed by atoms with E-state index in [4.69, 9.17) is 4.84 Å². The smallest absolute Gasteiger partial charge is 0.368 e. The highest BCUT2D eigenvalue weighted by Gasteiger charge is 2.25. The minimum atomic E-state index is -0.434. The normalized spacial score (nSPS) is 15.7. The molecule has 0 atom stereocenters. The number of carbonyl (C=O) groups excluding carboxylic acids is 1. The molecule has 2 aromatic rings. The summed E-state index contributed by atoms with van der Waals surface area (Å²) in [7, 11) is 4.03. The fourth-order valence-electron chi connectivity index (χ4n) is 2.50. The predicted octanol–water partition coefficient (Wildman–Crippen LogP) is 4.21. The molecular weight excluding hydrogens is 324 g/mol. The number of hydrogen-bond acceptors (Lipinski definition) is 4. The molecule has 0 aromatic heterocycles. The minimum Gasteiger partial charge on any atom is -0.378 e. The Morgan fingerprint density at radius 3 is 2.35 bits per heavy atom. The zero-order chi connectivity index (χ0) is 18.4. The first-order valence-corrected chi connectivity index (χ1v) is 8.33. The van der Waals surface area contributed by atoms with E-state index in [1.54, 1.807) is 6.08 Å². The average Bonchev–Trinajstić information content (AvgIpc) is 3.03. The standard InChI is InChI=1S/C22H20N2O2/c1-24(2)19-15-13-17(14-16-19)9-5-3-8-12-20-21(23-26-22(20)25)18-10-6-4-7-11-18/h3-16H,1-2H3/b8-3+,9-5+,20-12+. The largest absolute Gasteiger partial charge is 0.378 e. The highest BCUT2D eigenvalue weighted by Crippen LogP contribution is 2.18. The molecule has 0 saturated carbocycles. The van der Waals surface area contributed by atoms with Crippen LogP contribution >= 0.6 is 0 Å². The van der Waals surface area contributed by atoms with Crippen LogP contribution in [0, 0.1) is 0 Å². The molecule has 0 unspecified atom stereocenters. The van der Waals surface area contributed by atoms with Gasteiger partial charge in [-0.1, -0.05) is 71.9 Å². The van der Waals surface area contributed by atoms with Crippen LogP contribution in [-0.4, -0.2) is 25.8 Å². The Labute approximate surface area is 153 Å². The van der Waals surface area contributed by atoms with Gasteiger partial charge in [-0.05, 0) is 23.8 Å². The monoisotopic (exact) mass is 344 g/mol. The number of anilines is 1. The molecule has 0 N–H and O–H groups in total. The van der Waals surface area contributed by atoms with Gasteiger partial charge in [0.25, 0.3) is 0 Å². The maximum atomic E-state index is 11.9. The third-order valence-electron chi connectivity index (χ3n) is 3.93. The molecule has 0 aliphatic carbocycles. The fourth-order valence-corrected chi connectivity index (χ4v) is 2.50.